The predicted octanol–water partition coefficient (Wildman–Crippen LogP) is 5.33. The van der Waals surface area contributed by atoms with E-state index in [9.17, 15) is 5.26 Å². The molecule has 1 nitrogen and oxygen atoms in total. The summed E-state index contributed by atoms with van der Waals surface area (Å²) in [7, 11) is 0. The SMILES string of the molecule is N#CC1(c2ccc(Cl)c(Cl)c2)CC(c2ccccc2)C1. The van der Waals surface area contributed by atoms with Gasteiger partial charge in [-0.3, -0.25) is 0 Å². The highest BCUT2D eigenvalue weighted by molar-refractivity contribution is 6.42. The van der Waals surface area contributed by atoms with Crippen LogP contribution in [0.5, 0.6) is 0 Å². The molecule has 0 saturated heterocycles. The maximum atomic E-state index is 9.59. The second-order valence-electron chi connectivity index (χ2n) is 5.34. The Kier molecular flexibility index (Phi) is 3.46. The van der Waals surface area contributed by atoms with E-state index in [0.717, 1.165) is 18.4 Å². The highest BCUT2D eigenvalue weighted by Gasteiger charge is 2.46. The summed E-state index contributed by atoms with van der Waals surface area (Å²) in [5.41, 5.74) is 1.86. The van der Waals surface area contributed by atoms with Crippen molar-refractivity contribution in [2.24, 2.45) is 0 Å². The molecule has 20 heavy (non-hydrogen) atoms. The standard InChI is InChI=1S/C17H13Cl2N/c18-15-7-6-14(8-16(15)19)17(11-20)9-13(10-17)12-4-2-1-3-5-12/h1-8,13H,9-10H2. The number of halogens is 2. The molecule has 0 bridgehead atoms. The second kappa shape index (κ2) is 5.13. The van der Waals surface area contributed by atoms with Gasteiger partial charge in [0.05, 0.1) is 21.5 Å². The van der Waals surface area contributed by atoms with Gasteiger partial charge in [-0.25, -0.2) is 0 Å². The van der Waals surface area contributed by atoms with E-state index in [4.69, 9.17) is 23.2 Å². The molecule has 0 heterocycles. The maximum Gasteiger partial charge on any atom is 0.0834 e. The van der Waals surface area contributed by atoms with Gasteiger partial charge >= 0.3 is 0 Å². The van der Waals surface area contributed by atoms with Crippen molar-refractivity contribution in [3.05, 3.63) is 69.7 Å². The Hall–Kier alpha value is -1.49. The van der Waals surface area contributed by atoms with Gasteiger partial charge in [0, 0.05) is 0 Å². The highest BCUT2D eigenvalue weighted by atomic mass is 35.5. The molecular weight excluding hydrogens is 289 g/mol. The topological polar surface area (TPSA) is 23.8 Å². The molecule has 3 heteroatoms. The highest BCUT2D eigenvalue weighted by Crippen LogP contribution is 2.52. The van der Waals surface area contributed by atoms with Gasteiger partial charge in [-0.15, -0.1) is 0 Å². The van der Waals surface area contributed by atoms with Crippen LogP contribution in [0, 0.1) is 11.3 Å². The van der Waals surface area contributed by atoms with Gasteiger partial charge in [0.1, 0.15) is 0 Å². The van der Waals surface area contributed by atoms with Crippen molar-refractivity contribution in [1.29, 1.82) is 5.26 Å². The van der Waals surface area contributed by atoms with Gasteiger partial charge in [-0.1, -0.05) is 59.6 Å². The summed E-state index contributed by atoms with van der Waals surface area (Å²) in [6, 6.07) is 18.3. The molecule has 1 saturated carbocycles. The Bertz CT molecular complexity index is 667. The molecule has 0 atom stereocenters. The lowest BCUT2D eigenvalue weighted by atomic mass is 9.58. The molecule has 100 valence electrons. The second-order valence-corrected chi connectivity index (χ2v) is 6.15. The molecule has 0 aliphatic heterocycles. The van der Waals surface area contributed by atoms with Crippen molar-refractivity contribution < 1.29 is 0 Å². The molecule has 0 amide bonds. The maximum absolute atomic E-state index is 9.59. The predicted molar refractivity (Wildman–Crippen MR) is 82.2 cm³/mol. The van der Waals surface area contributed by atoms with E-state index in [0.29, 0.717) is 16.0 Å². The van der Waals surface area contributed by atoms with E-state index in [1.165, 1.54) is 5.56 Å². The molecule has 1 aliphatic rings. The fourth-order valence-electron chi connectivity index (χ4n) is 2.93. The summed E-state index contributed by atoms with van der Waals surface area (Å²) in [5.74, 6) is 0.449. The minimum atomic E-state index is -0.422. The van der Waals surface area contributed by atoms with Crippen LogP contribution in [0.25, 0.3) is 0 Å². The molecule has 2 aromatic rings. The van der Waals surface area contributed by atoms with Gasteiger partial charge in [0.25, 0.3) is 0 Å². The number of nitriles is 1. The van der Waals surface area contributed by atoms with Crippen LogP contribution in [0.4, 0.5) is 0 Å². The summed E-state index contributed by atoms with van der Waals surface area (Å²) in [5, 5.41) is 10.6. The van der Waals surface area contributed by atoms with E-state index >= 15 is 0 Å². The van der Waals surface area contributed by atoms with Crippen LogP contribution in [0.2, 0.25) is 10.0 Å². The van der Waals surface area contributed by atoms with Crippen molar-refractivity contribution in [2.75, 3.05) is 0 Å². The Morgan fingerprint density at radius 3 is 2.30 bits per heavy atom. The van der Waals surface area contributed by atoms with Gasteiger partial charge in [0.2, 0.25) is 0 Å². The molecule has 0 unspecified atom stereocenters. The van der Waals surface area contributed by atoms with Crippen LogP contribution < -0.4 is 0 Å². The molecule has 1 aliphatic carbocycles. The molecule has 0 N–H and O–H groups in total. The lowest BCUT2D eigenvalue weighted by Crippen LogP contribution is -2.38. The van der Waals surface area contributed by atoms with Crippen molar-refractivity contribution in [1.82, 2.24) is 0 Å². The third-order valence-corrected chi connectivity index (χ3v) is 4.89. The van der Waals surface area contributed by atoms with Crippen LogP contribution in [0.3, 0.4) is 0 Å². The zero-order valence-electron chi connectivity index (χ0n) is 10.8. The Labute approximate surface area is 128 Å². The van der Waals surface area contributed by atoms with Crippen molar-refractivity contribution in [2.45, 2.75) is 24.2 Å². The van der Waals surface area contributed by atoms with E-state index in [1.54, 1.807) is 6.07 Å². The van der Waals surface area contributed by atoms with Crippen molar-refractivity contribution >= 4 is 23.2 Å². The quantitative estimate of drug-likeness (QED) is 0.735. The number of hydrogen-bond donors (Lipinski definition) is 0. The fraction of sp³-hybridized carbons (Fsp3) is 0.235. The zero-order valence-corrected chi connectivity index (χ0v) is 12.3. The first kappa shape index (κ1) is 13.5. The smallest absolute Gasteiger partial charge is 0.0834 e. The van der Waals surface area contributed by atoms with Crippen molar-refractivity contribution in [3.8, 4) is 6.07 Å². The summed E-state index contributed by atoms with van der Waals surface area (Å²) in [6.45, 7) is 0. The number of rotatable bonds is 2. The van der Waals surface area contributed by atoms with Gasteiger partial charge in [0.15, 0.2) is 0 Å². The average Bonchev–Trinajstić information content (AvgIpc) is 2.43. The first-order valence-electron chi connectivity index (χ1n) is 6.56. The minimum absolute atomic E-state index is 0.422. The normalized spacial score (nSPS) is 24.8. The van der Waals surface area contributed by atoms with Crippen LogP contribution in [0.15, 0.2) is 48.5 Å². The van der Waals surface area contributed by atoms with E-state index < -0.39 is 5.41 Å². The molecule has 3 rings (SSSR count). The zero-order chi connectivity index (χ0) is 14.2. The summed E-state index contributed by atoms with van der Waals surface area (Å²) >= 11 is 12.0. The molecule has 1 fully saturated rings. The molecule has 2 aromatic carbocycles. The Balaban J connectivity index is 1.86. The van der Waals surface area contributed by atoms with Crippen molar-refractivity contribution in [3.63, 3.8) is 0 Å². The van der Waals surface area contributed by atoms with Gasteiger partial charge < -0.3 is 0 Å². The van der Waals surface area contributed by atoms with E-state index in [1.807, 2.05) is 30.3 Å². The summed E-state index contributed by atoms with van der Waals surface area (Å²) in [6.07, 6.45) is 1.68. The van der Waals surface area contributed by atoms with Crippen LogP contribution in [-0.4, -0.2) is 0 Å². The third-order valence-electron chi connectivity index (χ3n) is 4.15. The summed E-state index contributed by atoms with van der Waals surface area (Å²) in [4.78, 5) is 0. The van der Waals surface area contributed by atoms with Crippen LogP contribution >= 0.6 is 23.2 Å². The Morgan fingerprint density at radius 2 is 1.70 bits per heavy atom. The monoisotopic (exact) mass is 301 g/mol. The lowest BCUT2D eigenvalue weighted by Gasteiger charge is -2.43. The van der Waals surface area contributed by atoms with Gasteiger partial charge in [-0.05, 0) is 42.0 Å². The molecule has 0 radical (unpaired) electrons. The average molecular weight is 302 g/mol. The van der Waals surface area contributed by atoms with Gasteiger partial charge in [-0.2, -0.15) is 5.26 Å². The number of nitrogens with zero attached hydrogens (tertiary/aromatic N) is 1. The number of benzene rings is 2. The lowest BCUT2D eigenvalue weighted by molar-refractivity contribution is 0.270. The first-order valence-corrected chi connectivity index (χ1v) is 7.32. The molecular formula is C17H13Cl2N. The molecule has 0 aromatic heterocycles. The first-order chi connectivity index (χ1) is 9.64. The van der Waals surface area contributed by atoms with E-state index in [2.05, 4.69) is 18.2 Å². The Morgan fingerprint density at radius 1 is 1.00 bits per heavy atom. The fourth-order valence-corrected chi connectivity index (χ4v) is 3.23. The molecule has 0 spiro atoms. The number of hydrogen-bond acceptors (Lipinski definition) is 1. The minimum Gasteiger partial charge on any atom is -0.197 e. The third kappa shape index (κ3) is 2.20. The summed E-state index contributed by atoms with van der Waals surface area (Å²) < 4.78 is 0. The van der Waals surface area contributed by atoms with Crippen LogP contribution in [0.1, 0.15) is 29.9 Å². The van der Waals surface area contributed by atoms with E-state index in [-0.39, 0.29) is 0 Å². The largest absolute Gasteiger partial charge is 0.197 e. The van der Waals surface area contributed by atoms with Crippen LogP contribution in [-0.2, 0) is 5.41 Å².